The van der Waals surface area contributed by atoms with E-state index >= 15 is 0 Å². The van der Waals surface area contributed by atoms with Gasteiger partial charge in [0.2, 0.25) is 5.95 Å². The number of hydrogen-bond acceptors (Lipinski definition) is 5. The molecule has 1 atom stereocenters. The van der Waals surface area contributed by atoms with Crippen LogP contribution in [0.5, 0.6) is 5.75 Å². The number of para-hydroxylation sites is 1. The van der Waals surface area contributed by atoms with Gasteiger partial charge in [-0.2, -0.15) is 4.98 Å². The number of hydrogen-bond donors (Lipinski definition) is 1. The van der Waals surface area contributed by atoms with E-state index in [1.165, 1.54) is 23.3 Å². The summed E-state index contributed by atoms with van der Waals surface area (Å²) in [6, 6.07) is 20.8. The number of rotatable bonds is 4. The summed E-state index contributed by atoms with van der Waals surface area (Å²) in [4.78, 5) is 11.9. The maximum absolute atomic E-state index is 13.3. The number of fused-ring (bicyclic) bond motifs is 2. The van der Waals surface area contributed by atoms with Crippen molar-refractivity contribution in [2.45, 2.75) is 19.4 Å². The van der Waals surface area contributed by atoms with E-state index in [-0.39, 0.29) is 11.9 Å². The maximum Gasteiger partial charge on any atom is 0.229 e. The summed E-state index contributed by atoms with van der Waals surface area (Å²) in [7, 11) is 1.64. The van der Waals surface area contributed by atoms with Crippen LogP contribution in [0.2, 0.25) is 0 Å². The Morgan fingerprint density at radius 2 is 1.81 bits per heavy atom. The third-order valence-electron chi connectivity index (χ3n) is 5.86. The summed E-state index contributed by atoms with van der Waals surface area (Å²) in [5, 5.41) is 4.16. The Morgan fingerprint density at radius 1 is 1.00 bits per heavy atom. The first kappa shape index (κ1) is 19.3. The Balaban J connectivity index is 1.63. The largest absolute Gasteiger partial charge is 0.494 e. The molecule has 0 aliphatic carbocycles. The highest BCUT2D eigenvalue weighted by Crippen LogP contribution is 2.38. The van der Waals surface area contributed by atoms with Crippen LogP contribution in [-0.4, -0.2) is 23.6 Å². The van der Waals surface area contributed by atoms with Crippen molar-refractivity contribution in [3.63, 3.8) is 0 Å². The smallest absolute Gasteiger partial charge is 0.229 e. The molecule has 6 heteroatoms. The van der Waals surface area contributed by atoms with Crippen LogP contribution in [0.3, 0.4) is 0 Å². The average Bonchev–Trinajstić information content (AvgIpc) is 2.80. The first-order chi connectivity index (χ1) is 15.1. The van der Waals surface area contributed by atoms with Crippen molar-refractivity contribution >= 4 is 28.4 Å². The summed E-state index contributed by atoms with van der Waals surface area (Å²) >= 11 is 0. The standard InChI is InChI=1S/C25H23FN4O/c1-16-20-7-4-3-6-17(20)14-15-30(16)24-21-8-5-9-22(31-2)23(21)28-25(29-24)27-19-12-10-18(26)11-13-19/h3-13,16H,14-15H2,1-2H3,(H,27,28,29). The Hall–Kier alpha value is -3.67. The Labute approximate surface area is 180 Å². The fourth-order valence-electron chi connectivity index (χ4n) is 4.27. The fraction of sp³-hybridized carbons (Fsp3) is 0.200. The predicted octanol–water partition coefficient (Wildman–Crippen LogP) is 5.64. The molecule has 0 fully saturated rings. The Morgan fingerprint density at radius 3 is 2.61 bits per heavy atom. The monoisotopic (exact) mass is 414 g/mol. The minimum Gasteiger partial charge on any atom is -0.494 e. The van der Waals surface area contributed by atoms with Gasteiger partial charge in [-0.15, -0.1) is 0 Å². The summed E-state index contributed by atoms with van der Waals surface area (Å²) in [6.45, 7) is 3.07. The van der Waals surface area contributed by atoms with Gasteiger partial charge in [0.15, 0.2) is 0 Å². The number of benzene rings is 3. The van der Waals surface area contributed by atoms with E-state index in [2.05, 4.69) is 41.4 Å². The number of halogens is 1. The second-order valence-corrected chi connectivity index (χ2v) is 7.68. The van der Waals surface area contributed by atoms with Crippen LogP contribution in [0.15, 0.2) is 66.7 Å². The van der Waals surface area contributed by atoms with Gasteiger partial charge < -0.3 is 15.0 Å². The van der Waals surface area contributed by atoms with Crippen molar-refractivity contribution < 1.29 is 9.13 Å². The zero-order valence-corrected chi connectivity index (χ0v) is 17.5. The molecule has 0 spiro atoms. The molecule has 0 saturated carbocycles. The van der Waals surface area contributed by atoms with Crippen LogP contribution in [0.4, 0.5) is 21.8 Å². The van der Waals surface area contributed by atoms with E-state index in [9.17, 15) is 4.39 Å². The van der Waals surface area contributed by atoms with Crippen molar-refractivity contribution in [1.29, 1.82) is 0 Å². The highest BCUT2D eigenvalue weighted by molar-refractivity contribution is 5.95. The molecule has 5 rings (SSSR count). The summed E-state index contributed by atoms with van der Waals surface area (Å²) < 4.78 is 18.9. The van der Waals surface area contributed by atoms with E-state index < -0.39 is 0 Å². The van der Waals surface area contributed by atoms with Crippen LogP contribution < -0.4 is 15.0 Å². The van der Waals surface area contributed by atoms with Crippen molar-refractivity contribution in [2.24, 2.45) is 0 Å². The van der Waals surface area contributed by atoms with Gasteiger partial charge >= 0.3 is 0 Å². The van der Waals surface area contributed by atoms with E-state index in [0.717, 1.165) is 35.4 Å². The third-order valence-corrected chi connectivity index (χ3v) is 5.86. The number of aromatic nitrogens is 2. The van der Waals surface area contributed by atoms with E-state index in [1.54, 1.807) is 19.2 Å². The van der Waals surface area contributed by atoms with Crippen LogP contribution in [0.1, 0.15) is 24.1 Å². The lowest BCUT2D eigenvalue weighted by molar-refractivity contribution is 0.419. The average molecular weight is 414 g/mol. The lowest BCUT2D eigenvalue weighted by atomic mass is 9.93. The van der Waals surface area contributed by atoms with Gasteiger partial charge in [0.1, 0.15) is 22.9 Å². The summed E-state index contributed by atoms with van der Waals surface area (Å²) in [5.74, 6) is 1.71. The lowest BCUT2D eigenvalue weighted by Gasteiger charge is -2.36. The zero-order chi connectivity index (χ0) is 21.4. The molecule has 1 N–H and O–H groups in total. The van der Waals surface area contributed by atoms with Gasteiger partial charge in [0.05, 0.1) is 13.2 Å². The molecule has 3 aromatic carbocycles. The maximum atomic E-state index is 13.3. The minimum atomic E-state index is -0.284. The molecule has 0 saturated heterocycles. The molecule has 1 aromatic heterocycles. The molecule has 2 heterocycles. The number of methoxy groups -OCH3 is 1. The zero-order valence-electron chi connectivity index (χ0n) is 17.5. The molecule has 0 radical (unpaired) electrons. The molecule has 4 aromatic rings. The second-order valence-electron chi connectivity index (χ2n) is 7.68. The molecular formula is C25H23FN4O. The first-order valence-corrected chi connectivity index (χ1v) is 10.4. The molecule has 1 unspecified atom stereocenters. The normalized spacial score (nSPS) is 15.6. The predicted molar refractivity (Wildman–Crippen MR) is 122 cm³/mol. The summed E-state index contributed by atoms with van der Waals surface area (Å²) in [5.41, 5.74) is 4.16. The van der Waals surface area contributed by atoms with E-state index in [4.69, 9.17) is 14.7 Å². The van der Waals surface area contributed by atoms with Crippen LogP contribution in [0.25, 0.3) is 10.9 Å². The molecule has 0 amide bonds. The van der Waals surface area contributed by atoms with Crippen molar-refractivity contribution in [1.82, 2.24) is 9.97 Å². The van der Waals surface area contributed by atoms with Crippen LogP contribution in [0, 0.1) is 5.82 Å². The third kappa shape index (κ3) is 3.54. The fourth-order valence-corrected chi connectivity index (χ4v) is 4.27. The second kappa shape index (κ2) is 7.87. The van der Waals surface area contributed by atoms with E-state index in [0.29, 0.717) is 11.7 Å². The van der Waals surface area contributed by atoms with Crippen molar-refractivity contribution in [2.75, 3.05) is 23.9 Å². The van der Waals surface area contributed by atoms with Gasteiger partial charge in [0.25, 0.3) is 0 Å². The van der Waals surface area contributed by atoms with Crippen LogP contribution in [-0.2, 0) is 6.42 Å². The highest BCUT2D eigenvalue weighted by atomic mass is 19.1. The molecular weight excluding hydrogens is 391 g/mol. The highest BCUT2D eigenvalue weighted by Gasteiger charge is 2.27. The molecule has 1 aliphatic rings. The number of ether oxygens (including phenoxy) is 1. The molecule has 31 heavy (non-hydrogen) atoms. The van der Waals surface area contributed by atoms with Crippen molar-refractivity contribution in [3.05, 3.63) is 83.7 Å². The SMILES string of the molecule is COc1cccc2c(N3CCc4ccccc4C3C)nc(Nc3ccc(F)cc3)nc12. The minimum absolute atomic E-state index is 0.174. The van der Waals surface area contributed by atoms with Crippen LogP contribution >= 0.6 is 0 Å². The summed E-state index contributed by atoms with van der Waals surface area (Å²) in [6.07, 6.45) is 0.955. The first-order valence-electron chi connectivity index (χ1n) is 10.4. The molecule has 0 bridgehead atoms. The number of nitrogens with one attached hydrogen (secondary N) is 1. The number of anilines is 3. The Bertz CT molecular complexity index is 1240. The van der Waals surface area contributed by atoms with Gasteiger partial charge in [-0.05, 0) is 60.9 Å². The molecule has 5 nitrogen and oxygen atoms in total. The number of nitrogens with zero attached hydrogens (tertiary/aromatic N) is 3. The molecule has 1 aliphatic heterocycles. The Kier molecular flexibility index (Phi) is 4.90. The van der Waals surface area contributed by atoms with E-state index in [1.807, 2.05) is 18.2 Å². The molecule has 156 valence electrons. The quantitative estimate of drug-likeness (QED) is 0.468. The van der Waals surface area contributed by atoms with Gasteiger partial charge in [-0.25, -0.2) is 9.37 Å². The van der Waals surface area contributed by atoms with Gasteiger partial charge in [-0.3, -0.25) is 0 Å². The van der Waals surface area contributed by atoms with Gasteiger partial charge in [0, 0.05) is 17.6 Å². The van der Waals surface area contributed by atoms with Gasteiger partial charge in [-0.1, -0.05) is 30.3 Å². The topological polar surface area (TPSA) is 50.3 Å². The van der Waals surface area contributed by atoms with Crippen molar-refractivity contribution in [3.8, 4) is 5.75 Å². The lowest BCUT2D eigenvalue weighted by Crippen LogP contribution is -2.34.